The van der Waals surface area contributed by atoms with Gasteiger partial charge in [-0.25, -0.2) is 0 Å². The molecule has 2 N–H and O–H groups in total. The number of halogens is 1. The van der Waals surface area contributed by atoms with Crippen LogP contribution in [0.1, 0.15) is 35.8 Å². The van der Waals surface area contributed by atoms with Gasteiger partial charge in [0.25, 0.3) is 0 Å². The fourth-order valence-corrected chi connectivity index (χ4v) is 4.18. The molecule has 2 unspecified atom stereocenters. The number of hydrogen-bond donors (Lipinski definition) is 2. The van der Waals surface area contributed by atoms with E-state index in [0.29, 0.717) is 16.8 Å². The van der Waals surface area contributed by atoms with E-state index in [1.165, 1.54) is 16.9 Å². The van der Waals surface area contributed by atoms with Crippen molar-refractivity contribution in [2.45, 2.75) is 25.4 Å². The largest absolute Gasteiger partial charge is 0.386 e. The molecule has 1 aromatic carbocycles. The number of thiophene rings is 1. The van der Waals surface area contributed by atoms with Gasteiger partial charge in [-0.15, -0.1) is 11.3 Å². The van der Waals surface area contributed by atoms with E-state index in [-0.39, 0.29) is 0 Å². The average molecular weight is 378 g/mol. The maximum absolute atomic E-state index is 10.3. The summed E-state index contributed by atoms with van der Waals surface area (Å²) in [5.74, 6) is 1.41. The Balaban J connectivity index is 1.64. The van der Waals surface area contributed by atoms with Gasteiger partial charge in [0.1, 0.15) is 6.10 Å². The minimum absolute atomic E-state index is 0.339. The van der Waals surface area contributed by atoms with E-state index in [9.17, 15) is 5.11 Å². The number of likely N-dealkylation sites (tertiary alicyclic amines) is 1. The Morgan fingerprint density at radius 3 is 2.84 bits per heavy atom. The lowest BCUT2D eigenvalue weighted by molar-refractivity contribution is 0.190. The van der Waals surface area contributed by atoms with Gasteiger partial charge in [0, 0.05) is 30.4 Å². The topological polar surface area (TPSA) is 47.9 Å². The molecule has 6 heteroatoms. The van der Waals surface area contributed by atoms with Crippen molar-refractivity contribution in [2.24, 2.45) is 4.99 Å². The lowest BCUT2D eigenvalue weighted by atomic mass is 9.99. The second-order valence-electron chi connectivity index (χ2n) is 6.19. The van der Waals surface area contributed by atoms with Gasteiger partial charge in [-0.05, 0) is 31.0 Å². The van der Waals surface area contributed by atoms with Gasteiger partial charge in [-0.3, -0.25) is 4.99 Å². The summed E-state index contributed by atoms with van der Waals surface area (Å²) in [4.78, 5) is 7.80. The first kappa shape index (κ1) is 18.2. The molecule has 0 bridgehead atoms. The van der Waals surface area contributed by atoms with Crippen LogP contribution in [0.15, 0.2) is 47.5 Å². The van der Waals surface area contributed by atoms with E-state index < -0.39 is 6.10 Å². The summed E-state index contributed by atoms with van der Waals surface area (Å²) in [6.07, 6.45) is 0.510. The number of aliphatic imine (C=N–C) groups is 1. The highest BCUT2D eigenvalue weighted by molar-refractivity contribution is 7.16. The first-order valence-electron chi connectivity index (χ1n) is 8.69. The van der Waals surface area contributed by atoms with Crippen LogP contribution in [-0.4, -0.2) is 42.1 Å². The van der Waals surface area contributed by atoms with Crippen LogP contribution in [0.3, 0.4) is 0 Å². The fraction of sp³-hybridized carbons (Fsp3) is 0.421. The summed E-state index contributed by atoms with van der Waals surface area (Å²) < 4.78 is 0.690. The van der Waals surface area contributed by atoms with Gasteiger partial charge in [0.05, 0.1) is 10.9 Å². The molecule has 0 spiro atoms. The standard InChI is InChI=1S/C19H24ClN3OS/c1-2-21-19(22-12-16(24)17-8-9-18(20)25-17)23-11-10-15(13-23)14-6-4-3-5-7-14/h3-9,15-16,24H,2,10-13H2,1H3,(H,21,22). The van der Waals surface area contributed by atoms with Gasteiger partial charge in [-0.1, -0.05) is 41.9 Å². The number of benzene rings is 1. The third kappa shape index (κ3) is 4.75. The lowest BCUT2D eigenvalue weighted by Crippen LogP contribution is -2.40. The van der Waals surface area contributed by atoms with Gasteiger partial charge in [0.2, 0.25) is 0 Å². The lowest BCUT2D eigenvalue weighted by Gasteiger charge is -2.22. The van der Waals surface area contributed by atoms with Crippen LogP contribution in [0, 0.1) is 0 Å². The van der Waals surface area contributed by atoms with Crippen molar-refractivity contribution in [1.82, 2.24) is 10.2 Å². The number of guanidine groups is 1. The van der Waals surface area contributed by atoms with Crippen LogP contribution >= 0.6 is 22.9 Å². The number of aliphatic hydroxyl groups excluding tert-OH is 1. The fourth-order valence-electron chi connectivity index (χ4n) is 3.15. The van der Waals surface area contributed by atoms with E-state index >= 15 is 0 Å². The van der Waals surface area contributed by atoms with E-state index in [2.05, 4.69) is 52.5 Å². The zero-order valence-electron chi connectivity index (χ0n) is 14.4. The summed E-state index contributed by atoms with van der Waals surface area (Å²) >= 11 is 7.35. The Kier molecular flexibility index (Phi) is 6.34. The van der Waals surface area contributed by atoms with E-state index in [1.807, 2.05) is 12.1 Å². The molecule has 3 rings (SSSR count). The van der Waals surface area contributed by atoms with Crippen LogP contribution in [0.25, 0.3) is 0 Å². The Morgan fingerprint density at radius 1 is 1.36 bits per heavy atom. The number of aliphatic hydroxyl groups is 1. The quantitative estimate of drug-likeness (QED) is 0.613. The van der Waals surface area contributed by atoms with Gasteiger partial charge in [0.15, 0.2) is 5.96 Å². The molecule has 0 aliphatic carbocycles. The van der Waals surface area contributed by atoms with Crippen molar-refractivity contribution in [2.75, 3.05) is 26.2 Å². The molecule has 0 saturated carbocycles. The second kappa shape index (κ2) is 8.70. The maximum Gasteiger partial charge on any atom is 0.194 e. The normalized spacial score (nSPS) is 19.2. The number of nitrogens with zero attached hydrogens (tertiary/aromatic N) is 2. The molecule has 134 valence electrons. The maximum atomic E-state index is 10.3. The van der Waals surface area contributed by atoms with E-state index in [4.69, 9.17) is 11.6 Å². The van der Waals surface area contributed by atoms with Crippen molar-refractivity contribution in [3.63, 3.8) is 0 Å². The summed E-state index contributed by atoms with van der Waals surface area (Å²) in [6.45, 7) is 5.15. The monoisotopic (exact) mass is 377 g/mol. The molecule has 0 amide bonds. The molecule has 25 heavy (non-hydrogen) atoms. The molecule has 1 aliphatic rings. The highest BCUT2D eigenvalue weighted by Crippen LogP contribution is 2.28. The summed E-state index contributed by atoms with van der Waals surface area (Å²) in [7, 11) is 0. The van der Waals surface area contributed by atoms with Crippen LogP contribution < -0.4 is 5.32 Å². The molecular formula is C19H24ClN3OS. The van der Waals surface area contributed by atoms with Gasteiger partial charge >= 0.3 is 0 Å². The number of hydrogen-bond acceptors (Lipinski definition) is 3. The van der Waals surface area contributed by atoms with Gasteiger partial charge in [-0.2, -0.15) is 0 Å². The van der Waals surface area contributed by atoms with Crippen LogP contribution in [0.2, 0.25) is 4.34 Å². The van der Waals surface area contributed by atoms with Crippen molar-refractivity contribution in [3.8, 4) is 0 Å². The molecule has 1 aliphatic heterocycles. The van der Waals surface area contributed by atoms with Gasteiger partial charge < -0.3 is 15.3 Å². The molecular weight excluding hydrogens is 354 g/mol. The van der Waals surface area contributed by atoms with Crippen molar-refractivity contribution < 1.29 is 5.11 Å². The highest BCUT2D eigenvalue weighted by atomic mass is 35.5. The third-order valence-electron chi connectivity index (χ3n) is 4.43. The molecule has 1 saturated heterocycles. The second-order valence-corrected chi connectivity index (χ2v) is 7.94. The van der Waals surface area contributed by atoms with Crippen molar-refractivity contribution >= 4 is 28.9 Å². The summed E-state index contributed by atoms with van der Waals surface area (Å²) in [6, 6.07) is 14.3. The Labute approximate surface area is 158 Å². The first-order valence-corrected chi connectivity index (χ1v) is 9.88. The minimum Gasteiger partial charge on any atom is -0.386 e. The SMILES string of the molecule is CCNC(=NCC(O)c1ccc(Cl)s1)N1CCC(c2ccccc2)C1. The van der Waals surface area contributed by atoms with E-state index in [0.717, 1.165) is 36.9 Å². The predicted octanol–water partition coefficient (Wildman–Crippen LogP) is 3.89. The van der Waals surface area contributed by atoms with Crippen LogP contribution in [0.4, 0.5) is 0 Å². The number of rotatable bonds is 5. The zero-order valence-corrected chi connectivity index (χ0v) is 15.9. The first-order chi connectivity index (χ1) is 12.2. The van der Waals surface area contributed by atoms with Crippen LogP contribution in [0.5, 0.6) is 0 Å². The molecule has 2 atom stereocenters. The van der Waals surface area contributed by atoms with Crippen molar-refractivity contribution in [3.05, 3.63) is 57.2 Å². The molecule has 1 aromatic heterocycles. The Hall–Kier alpha value is -1.56. The average Bonchev–Trinajstić information content (AvgIpc) is 3.28. The Bertz CT molecular complexity index is 704. The highest BCUT2D eigenvalue weighted by Gasteiger charge is 2.26. The third-order valence-corrected chi connectivity index (χ3v) is 5.76. The zero-order chi connectivity index (χ0) is 17.6. The summed E-state index contributed by atoms with van der Waals surface area (Å²) in [5, 5.41) is 13.7. The molecule has 1 fully saturated rings. The predicted molar refractivity (Wildman–Crippen MR) is 106 cm³/mol. The minimum atomic E-state index is -0.612. The van der Waals surface area contributed by atoms with Crippen molar-refractivity contribution in [1.29, 1.82) is 0 Å². The number of nitrogens with one attached hydrogen (secondary N) is 1. The Morgan fingerprint density at radius 2 is 2.16 bits per heavy atom. The molecule has 2 heterocycles. The van der Waals surface area contributed by atoms with Crippen LogP contribution in [-0.2, 0) is 0 Å². The van der Waals surface area contributed by atoms with E-state index in [1.54, 1.807) is 0 Å². The molecule has 2 aromatic rings. The molecule has 0 radical (unpaired) electrons. The molecule has 4 nitrogen and oxygen atoms in total. The smallest absolute Gasteiger partial charge is 0.194 e. The summed E-state index contributed by atoms with van der Waals surface area (Å²) in [5.41, 5.74) is 1.38.